The third kappa shape index (κ3) is 2.99. The van der Waals surface area contributed by atoms with Gasteiger partial charge in [-0.2, -0.15) is 5.10 Å². The van der Waals surface area contributed by atoms with Crippen LogP contribution in [0, 0.1) is 0 Å². The summed E-state index contributed by atoms with van der Waals surface area (Å²) in [7, 11) is 3.35. The second-order valence-electron chi connectivity index (χ2n) is 7.13. The van der Waals surface area contributed by atoms with Crippen LogP contribution < -0.4 is 14.2 Å². The Morgan fingerprint density at radius 3 is 2.41 bits per heavy atom. The minimum absolute atomic E-state index is 0.0937. The maximum absolute atomic E-state index is 6.45. The smallest absolute Gasteiger partial charge is 0.214 e. The SMILES string of the molecule is COc1ccc(C2=NN3[C@@H](c4ccccc4)Oc4c(OC)cccc4[C@@H]3C2)cc1. The summed E-state index contributed by atoms with van der Waals surface area (Å²) in [5.41, 5.74) is 4.30. The Labute approximate surface area is 170 Å². The average molecular weight is 386 g/mol. The monoisotopic (exact) mass is 386 g/mol. The van der Waals surface area contributed by atoms with E-state index in [0.717, 1.165) is 46.1 Å². The lowest BCUT2D eigenvalue weighted by atomic mass is 9.95. The quantitative estimate of drug-likeness (QED) is 0.637. The first kappa shape index (κ1) is 17.6. The molecular weight excluding hydrogens is 364 g/mol. The first-order chi connectivity index (χ1) is 14.3. The number of hydrazone groups is 1. The molecule has 3 aromatic rings. The predicted molar refractivity (Wildman–Crippen MR) is 112 cm³/mol. The van der Waals surface area contributed by atoms with E-state index in [2.05, 4.69) is 35.3 Å². The summed E-state index contributed by atoms with van der Waals surface area (Å²) >= 11 is 0. The van der Waals surface area contributed by atoms with Crippen LogP contribution in [-0.4, -0.2) is 24.9 Å². The maximum Gasteiger partial charge on any atom is 0.214 e. The summed E-state index contributed by atoms with van der Waals surface area (Å²) in [6, 6.07) is 24.4. The largest absolute Gasteiger partial charge is 0.497 e. The van der Waals surface area contributed by atoms with E-state index in [1.54, 1.807) is 14.2 Å². The Bertz CT molecular complexity index is 1050. The van der Waals surface area contributed by atoms with Crippen molar-refractivity contribution in [3.63, 3.8) is 0 Å². The molecule has 2 heterocycles. The van der Waals surface area contributed by atoms with Crippen LogP contribution in [0.1, 0.15) is 35.4 Å². The molecule has 29 heavy (non-hydrogen) atoms. The molecule has 5 nitrogen and oxygen atoms in total. The number of nitrogens with zero attached hydrogens (tertiary/aromatic N) is 2. The molecule has 2 aliphatic rings. The van der Waals surface area contributed by atoms with E-state index >= 15 is 0 Å². The van der Waals surface area contributed by atoms with Gasteiger partial charge in [0.05, 0.1) is 26.0 Å². The van der Waals surface area contributed by atoms with Crippen LogP contribution in [0.25, 0.3) is 0 Å². The number of methoxy groups -OCH3 is 2. The van der Waals surface area contributed by atoms with Gasteiger partial charge in [0.25, 0.3) is 0 Å². The molecule has 0 radical (unpaired) electrons. The lowest BCUT2D eigenvalue weighted by molar-refractivity contribution is -0.0209. The summed E-state index contributed by atoms with van der Waals surface area (Å²) in [5.74, 6) is 2.39. The first-order valence-electron chi connectivity index (χ1n) is 9.67. The van der Waals surface area contributed by atoms with E-state index in [1.807, 2.05) is 42.5 Å². The zero-order valence-electron chi connectivity index (χ0n) is 16.4. The first-order valence-corrected chi connectivity index (χ1v) is 9.67. The van der Waals surface area contributed by atoms with Gasteiger partial charge in [-0.05, 0) is 35.9 Å². The summed E-state index contributed by atoms with van der Waals surface area (Å²) in [4.78, 5) is 0. The fourth-order valence-electron chi connectivity index (χ4n) is 4.04. The van der Waals surface area contributed by atoms with Crippen LogP contribution in [0.2, 0.25) is 0 Å². The molecule has 0 bridgehead atoms. The van der Waals surface area contributed by atoms with Crippen LogP contribution in [0.15, 0.2) is 77.9 Å². The van der Waals surface area contributed by atoms with Crippen molar-refractivity contribution in [2.45, 2.75) is 18.7 Å². The number of hydrogen-bond donors (Lipinski definition) is 0. The van der Waals surface area contributed by atoms with Gasteiger partial charge in [-0.1, -0.05) is 42.5 Å². The van der Waals surface area contributed by atoms with Gasteiger partial charge in [-0.25, -0.2) is 5.01 Å². The predicted octanol–water partition coefficient (Wildman–Crippen LogP) is 4.95. The van der Waals surface area contributed by atoms with Gasteiger partial charge in [0.1, 0.15) is 5.75 Å². The fourth-order valence-corrected chi connectivity index (χ4v) is 4.04. The molecule has 0 spiro atoms. The van der Waals surface area contributed by atoms with Gasteiger partial charge < -0.3 is 14.2 Å². The van der Waals surface area contributed by atoms with Gasteiger partial charge in [-0.3, -0.25) is 0 Å². The lowest BCUT2D eigenvalue weighted by Crippen LogP contribution is -2.33. The maximum atomic E-state index is 6.45. The Balaban J connectivity index is 1.59. The van der Waals surface area contributed by atoms with Gasteiger partial charge in [0.2, 0.25) is 6.23 Å². The van der Waals surface area contributed by atoms with E-state index in [-0.39, 0.29) is 12.3 Å². The zero-order chi connectivity index (χ0) is 19.8. The molecule has 5 rings (SSSR count). The second kappa shape index (κ2) is 7.17. The molecule has 0 N–H and O–H groups in total. The molecule has 0 fully saturated rings. The Kier molecular flexibility index (Phi) is 4.35. The third-order valence-corrected chi connectivity index (χ3v) is 5.51. The Hall–Kier alpha value is -3.47. The zero-order valence-corrected chi connectivity index (χ0v) is 16.4. The van der Waals surface area contributed by atoms with Crippen LogP contribution in [-0.2, 0) is 0 Å². The number of rotatable bonds is 4. The van der Waals surface area contributed by atoms with Crippen LogP contribution >= 0.6 is 0 Å². The topological polar surface area (TPSA) is 43.3 Å². The molecule has 3 aromatic carbocycles. The van der Waals surface area contributed by atoms with E-state index in [9.17, 15) is 0 Å². The normalized spacial score (nSPS) is 19.7. The number of ether oxygens (including phenoxy) is 3. The Morgan fingerprint density at radius 1 is 0.897 bits per heavy atom. The minimum atomic E-state index is -0.305. The minimum Gasteiger partial charge on any atom is -0.497 e. The molecule has 0 saturated carbocycles. The van der Waals surface area contributed by atoms with E-state index in [0.29, 0.717) is 0 Å². The average Bonchev–Trinajstić information content (AvgIpc) is 3.24. The van der Waals surface area contributed by atoms with E-state index in [4.69, 9.17) is 19.3 Å². The molecule has 5 heteroatoms. The van der Waals surface area contributed by atoms with Crippen molar-refractivity contribution in [2.24, 2.45) is 5.10 Å². The highest BCUT2D eigenvalue weighted by Crippen LogP contribution is 2.50. The summed E-state index contributed by atoms with van der Waals surface area (Å²) in [6.45, 7) is 0. The van der Waals surface area contributed by atoms with Crippen LogP contribution in [0.3, 0.4) is 0 Å². The third-order valence-electron chi connectivity index (χ3n) is 5.51. The van der Waals surface area contributed by atoms with Crippen molar-refractivity contribution < 1.29 is 14.2 Å². The highest BCUT2D eigenvalue weighted by molar-refractivity contribution is 6.02. The number of fused-ring (bicyclic) bond motifs is 3. The van der Waals surface area contributed by atoms with Crippen molar-refractivity contribution in [1.29, 1.82) is 0 Å². The van der Waals surface area contributed by atoms with Gasteiger partial charge in [0, 0.05) is 17.5 Å². The fraction of sp³-hybridized carbons (Fsp3) is 0.208. The van der Waals surface area contributed by atoms with E-state index in [1.165, 1.54) is 0 Å². The van der Waals surface area contributed by atoms with Crippen LogP contribution in [0.5, 0.6) is 17.2 Å². The van der Waals surface area contributed by atoms with Crippen molar-refractivity contribution >= 4 is 5.71 Å². The van der Waals surface area contributed by atoms with Gasteiger partial charge in [-0.15, -0.1) is 0 Å². The lowest BCUT2D eigenvalue weighted by Gasteiger charge is -2.38. The summed E-state index contributed by atoms with van der Waals surface area (Å²) < 4.78 is 17.3. The molecular formula is C24H22N2O3. The summed E-state index contributed by atoms with van der Waals surface area (Å²) in [5, 5.41) is 7.07. The molecule has 0 aliphatic carbocycles. The number of benzene rings is 3. The molecule has 0 saturated heterocycles. The van der Waals surface area contributed by atoms with E-state index < -0.39 is 0 Å². The summed E-state index contributed by atoms with van der Waals surface area (Å²) in [6.07, 6.45) is 0.500. The van der Waals surface area contributed by atoms with Gasteiger partial charge >= 0.3 is 0 Å². The molecule has 0 unspecified atom stereocenters. The number of para-hydroxylation sites is 1. The highest BCUT2D eigenvalue weighted by atomic mass is 16.5. The van der Waals surface area contributed by atoms with Crippen molar-refractivity contribution in [3.05, 3.63) is 89.5 Å². The molecule has 0 amide bonds. The van der Waals surface area contributed by atoms with Gasteiger partial charge in [0.15, 0.2) is 11.5 Å². The standard InChI is InChI=1S/C24H22N2O3/c1-27-18-13-11-16(12-14-18)20-15-21-19-9-6-10-22(28-2)23(19)29-24(26(21)25-20)17-7-4-3-5-8-17/h3-14,21,24H,15H2,1-2H3/t21-,24+/m0/s1. The van der Waals surface area contributed by atoms with Crippen molar-refractivity contribution in [2.75, 3.05) is 14.2 Å². The van der Waals surface area contributed by atoms with Crippen LogP contribution in [0.4, 0.5) is 0 Å². The molecule has 2 aliphatic heterocycles. The Morgan fingerprint density at radius 2 is 1.69 bits per heavy atom. The molecule has 146 valence electrons. The van der Waals surface area contributed by atoms with Crippen molar-refractivity contribution in [3.8, 4) is 17.2 Å². The second-order valence-corrected chi connectivity index (χ2v) is 7.13. The van der Waals surface area contributed by atoms with Crippen molar-refractivity contribution in [1.82, 2.24) is 5.01 Å². The molecule has 2 atom stereocenters. The molecule has 0 aromatic heterocycles. The number of hydrogen-bond acceptors (Lipinski definition) is 5. The highest BCUT2D eigenvalue weighted by Gasteiger charge is 2.42.